The number of carbonyl (C=O) groups excluding carboxylic acids is 1. The van der Waals surface area contributed by atoms with Crippen molar-refractivity contribution in [3.8, 4) is 5.75 Å². The molecule has 100 valence electrons. The number of thiazole rings is 1. The largest absolute Gasteiger partial charge is 0.493 e. The van der Waals surface area contributed by atoms with E-state index in [1.165, 1.54) is 4.88 Å². The Labute approximate surface area is 116 Å². The average Bonchev–Trinajstić information content (AvgIpc) is 2.93. The topological polar surface area (TPSA) is 51.2 Å². The Hall–Kier alpha value is -1.88. The molecule has 0 fully saturated rings. The molecule has 0 atom stereocenters. The lowest BCUT2D eigenvalue weighted by Crippen LogP contribution is -2.26. The van der Waals surface area contributed by atoms with E-state index in [9.17, 15) is 4.79 Å². The highest BCUT2D eigenvalue weighted by Crippen LogP contribution is 2.08. The van der Waals surface area contributed by atoms with Crippen molar-refractivity contribution in [3.63, 3.8) is 0 Å². The van der Waals surface area contributed by atoms with Crippen LogP contribution >= 0.6 is 11.3 Å². The molecule has 1 amide bonds. The number of hydrogen-bond acceptors (Lipinski definition) is 4. The lowest BCUT2D eigenvalue weighted by molar-refractivity contribution is -0.121. The molecule has 0 saturated heterocycles. The maximum atomic E-state index is 11.6. The van der Waals surface area contributed by atoms with Gasteiger partial charge in [0, 0.05) is 24.0 Å². The van der Waals surface area contributed by atoms with Crippen LogP contribution in [0.15, 0.2) is 42.0 Å². The number of amides is 1. The van der Waals surface area contributed by atoms with Gasteiger partial charge in [0.15, 0.2) is 0 Å². The van der Waals surface area contributed by atoms with Crippen LogP contribution in [0.3, 0.4) is 0 Å². The second-order valence-corrected chi connectivity index (χ2v) is 4.95. The molecule has 1 aromatic heterocycles. The fourth-order valence-corrected chi connectivity index (χ4v) is 2.16. The number of nitrogens with one attached hydrogen (secondary N) is 1. The molecular weight excluding hydrogens is 260 g/mol. The van der Waals surface area contributed by atoms with Crippen LogP contribution in [0.1, 0.15) is 11.3 Å². The average molecular weight is 276 g/mol. The van der Waals surface area contributed by atoms with Crippen molar-refractivity contribution >= 4 is 17.2 Å². The Kier molecular flexibility index (Phi) is 5.37. The Balaban J connectivity index is 1.57. The zero-order valence-corrected chi connectivity index (χ0v) is 11.4. The standard InChI is InChI=1S/C14H16N2O2S/c17-14(16-8-6-13-10-15-11-19-13)7-9-18-12-4-2-1-3-5-12/h1-5,10-11H,6-9H2,(H,16,17). The molecule has 0 unspecified atom stereocenters. The second-order valence-electron chi connectivity index (χ2n) is 3.98. The van der Waals surface area contributed by atoms with Gasteiger partial charge in [-0.15, -0.1) is 11.3 Å². The van der Waals surface area contributed by atoms with Crippen molar-refractivity contribution in [2.45, 2.75) is 12.8 Å². The van der Waals surface area contributed by atoms with Gasteiger partial charge >= 0.3 is 0 Å². The first-order valence-electron chi connectivity index (χ1n) is 6.16. The van der Waals surface area contributed by atoms with Gasteiger partial charge in [0.1, 0.15) is 5.75 Å². The summed E-state index contributed by atoms with van der Waals surface area (Å²) in [5.74, 6) is 0.806. The van der Waals surface area contributed by atoms with Crippen LogP contribution in [0.5, 0.6) is 5.75 Å². The van der Waals surface area contributed by atoms with Gasteiger partial charge in [-0.3, -0.25) is 9.78 Å². The minimum Gasteiger partial charge on any atom is -0.493 e. The first kappa shape index (κ1) is 13.5. The Morgan fingerprint density at radius 1 is 1.32 bits per heavy atom. The number of ether oxygens (including phenoxy) is 1. The zero-order chi connectivity index (χ0) is 13.3. The lowest BCUT2D eigenvalue weighted by Gasteiger charge is -2.06. The summed E-state index contributed by atoms with van der Waals surface area (Å²) in [5, 5.41) is 2.87. The van der Waals surface area contributed by atoms with E-state index < -0.39 is 0 Å². The minimum atomic E-state index is 0.0143. The van der Waals surface area contributed by atoms with Gasteiger partial charge in [-0.05, 0) is 12.1 Å². The van der Waals surface area contributed by atoms with E-state index in [0.29, 0.717) is 19.6 Å². The Bertz CT molecular complexity index is 485. The number of benzene rings is 1. The minimum absolute atomic E-state index is 0.0143. The molecule has 1 N–H and O–H groups in total. The summed E-state index contributed by atoms with van der Waals surface area (Å²) in [4.78, 5) is 16.7. The zero-order valence-electron chi connectivity index (χ0n) is 10.5. The maximum Gasteiger partial charge on any atom is 0.223 e. The van der Waals surface area contributed by atoms with Crippen LogP contribution in [-0.4, -0.2) is 24.0 Å². The van der Waals surface area contributed by atoms with Crippen molar-refractivity contribution in [2.24, 2.45) is 0 Å². The van der Waals surface area contributed by atoms with E-state index in [4.69, 9.17) is 4.74 Å². The van der Waals surface area contributed by atoms with Crippen molar-refractivity contribution in [2.75, 3.05) is 13.2 Å². The molecule has 1 heterocycles. The fourth-order valence-electron chi connectivity index (χ4n) is 1.56. The third kappa shape index (κ3) is 5.09. The first-order valence-corrected chi connectivity index (χ1v) is 7.04. The predicted molar refractivity (Wildman–Crippen MR) is 75.4 cm³/mol. The molecular formula is C14H16N2O2S. The lowest BCUT2D eigenvalue weighted by atomic mass is 10.3. The van der Waals surface area contributed by atoms with Crippen LogP contribution in [0, 0.1) is 0 Å². The number of aromatic nitrogens is 1. The summed E-state index contributed by atoms with van der Waals surface area (Å²) in [6.07, 6.45) is 3.03. The van der Waals surface area contributed by atoms with Gasteiger partial charge < -0.3 is 10.1 Å². The molecule has 5 heteroatoms. The summed E-state index contributed by atoms with van der Waals surface area (Å²) < 4.78 is 5.46. The highest BCUT2D eigenvalue weighted by molar-refractivity contribution is 7.09. The third-order valence-electron chi connectivity index (χ3n) is 2.52. The smallest absolute Gasteiger partial charge is 0.223 e. The van der Waals surface area contributed by atoms with Gasteiger partial charge in [0.25, 0.3) is 0 Å². The summed E-state index contributed by atoms with van der Waals surface area (Å²) >= 11 is 1.60. The van der Waals surface area contributed by atoms with Gasteiger partial charge in [-0.25, -0.2) is 0 Å². The molecule has 2 aromatic rings. The van der Waals surface area contributed by atoms with Crippen LogP contribution in [0.25, 0.3) is 0 Å². The molecule has 2 rings (SSSR count). The normalized spacial score (nSPS) is 10.1. The van der Waals surface area contributed by atoms with E-state index in [1.54, 1.807) is 16.8 Å². The van der Waals surface area contributed by atoms with E-state index in [0.717, 1.165) is 12.2 Å². The van der Waals surface area contributed by atoms with E-state index in [1.807, 2.05) is 36.5 Å². The number of hydrogen-bond donors (Lipinski definition) is 1. The third-order valence-corrected chi connectivity index (χ3v) is 3.36. The molecule has 0 aliphatic carbocycles. The molecule has 4 nitrogen and oxygen atoms in total. The predicted octanol–water partition coefficient (Wildman–Crippen LogP) is 2.27. The summed E-state index contributed by atoms with van der Waals surface area (Å²) in [6.45, 7) is 1.04. The molecule has 0 bridgehead atoms. The van der Waals surface area contributed by atoms with Crippen molar-refractivity contribution < 1.29 is 9.53 Å². The van der Waals surface area contributed by atoms with Gasteiger partial charge in [-0.2, -0.15) is 0 Å². The van der Waals surface area contributed by atoms with Crippen LogP contribution in [-0.2, 0) is 11.2 Å². The molecule has 0 spiro atoms. The number of para-hydroxylation sites is 1. The Morgan fingerprint density at radius 3 is 2.89 bits per heavy atom. The Morgan fingerprint density at radius 2 is 2.16 bits per heavy atom. The molecule has 1 aromatic carbocycles. The molecule has 0 radical (unpaired) electrons. The van der Waals surface area contributed by atoms with Gasteiger partial charge in [0.2, 0.25) is 5.91 Å². The van der Waals surface area contributed by atoms with Gasteiger partial charge in [0.05, 0.1) is 18.5 Å². The fraction of sp³-hybridized carbons (Fsp3) is 0.286. The van der Waals surface area contributed by atoms with Crippen molar-refractivity contribution in [1.82, 2.24) is 10.3 Å². The highest BCUT2D eigenvalue weighted by Gasteiger charge is 2.02. The number of carbonyl (C=O) groups is 1. The van der Waals surface area contributed by atoms with Crippen LogP contribution < -0.4 is 10.1 Å². The summed E-state index contributed by atoms with van der Waals surface area (Å²) in [7, 11) is 0. The number of nitrogens with zero attached hydrogens (tertiary/aromatic N) is 1. The first-order chi connectivity index (χ1) is 9.34. The molecule has 19 heavy (non-hydrogen) atoms. The summed E-state index contributed by atoms with van der Waals surface area (Å²) in [5.41, 5.74) is 1.80. The molecule has 0 aliphatic rings. The molecule has 0 aliphatic heterocycles. The SMILES string of the molecule is O=C(CCOc1ccccc1)NCCc1cncs1. The highest BCUT2D eigenvalue weighted by atomic mass is 32.1. The monoisotopic (exact) mass is 276 g/mol. The quantitative estimate of drug-likeness (QED) is 0.844. The second kappa shape index (κ2) is 7.53. The maximum absolute atomic E-state index is 11.6. The van der Waals surface area contributed by atoms with Gasteiger partial charge in [-0.1, -0.05) is 18.2 Å². The van der Waals surface area contributed by atoms with E-state index in [-0.39, 0.29) is 5.91 Å². The van der Waals surface area contributed by atoms with Crippen molar-refractivity contribution in [1.29, 1.82) is 0 Å². The van der Waals surface area contributed by atoms with Crippen LogP contribution in [0.4, 0.5) is 0 Å². The molecule has 0 saturated carbocycles. The van der Waals surface area contributed by atoms with E-state index in [2.05, 4.69) is 10.3 Å². The van der Waals surface area contributed by atoms with E-state index >= 15 is 0 Å². The van der Waals surface area contributed by atoms with Crippen molar-refractivity contribution in [3.05, 3.63) is 46.9 Å². The van der Waals surface area contributed by atoms with Crippen LogP contribution in [0.2, 0.25) is 0 Å². The summed E-state index contributed by atoms with van der Waals surface area (Å²) in [6, 6.07) is 9.50. The number of rotatable bonds is 7.